The molecule has 6 heteroatoms. The van der Waals surface area contributed by atoms with Crippen molar-refractivity contribution in [3.05, 3.63) is 63.1 Å². The van der Waals surface area contributed by atoms with Gasteiger partial charge in [-0.05, 0) is 42.8 Å². The minimum absolute atomic E-state index is 0.0771. The monoisotopic (exact) mass is 366 g/mol. The number of amides is 1. The fraction of sp³-hybridized carbons (Fsp3) is 0.0667. The molecule has 0 radical (unpaired) electrons. The van der Waals surface area contributed by atoms with Crippen LogP contribution in [0.25, 0.3) is 0 Å². The van der Waals surface area contributed by atoms with Crippen LogP contribution in [0.2, 0.25) is 5.02 Å². The Morgan fingerprint density at radius 1 is 1.29 bits per heavy atom. The van der Waals surface area contributed by atoms with Gasteiger partial charge in [0.05, 0.1) is 11.3 Å². The maximum atomic E-state index is 12.0. The number of aromatic hydroxyl groups is 1. The fourth-order valence-electron chi connectivity index (χ4n) is 1.66. The summed E-state index contributed by atoms with van der Waals surface area (Å²) in [5.74, 6) is -0.670. The molecule has 108 valence electrons. The summed E-state index contributed by atoms with van der Waals surface area (Å²) < 4.78 is 0.924. The molecule has 0 aliphatic heterocycles. The number of carbonyl (C=O) groups is 1. The number of benzene rings is 2. The molecule has 0 aliphatic rings. The predicted molar refractivity (Wildman–Crippen MR) is 86.9 cm³/mol. The number of carbonyl (C=O) groups excluding carboxylic acids is 1. The Balaban J connectivity index is 2.16. The van der Waals surface area contributed by atoms with Gasteiger partial charge in [-0.3, -0.25) is 4.79 Å². The van der Waals surface area contributed by atoms with Crippen LogP contribution in [0.4, 0.5) is 0 Å². The van der Waals surface area contributed by atoms with Crippen molar-refractivity contribution in [1.29, 1.82) is 0 Å². The lowest BCUT2D eigenvalue weighted by molar-refractivity contribution is 0.0952. The van der Waals surface area contributed by atoms with Gasteiger partial charge in [0.2, 0.25) is 0 Å². The summed E-state index contributed by atoms with van der Waals surface area (Å²) in [4.78, 5) is 12.0. The summed E-state index contributed by atoms with van der Waals surface area (Å²) in [6.07, 6.45) is 0. The molecule has 1 amide bonds. The highest BCUT2D eigenvalue weighted by molar-refractivity contribution is 9.10. The van der Waals surface area contributed by atoms with Gasteiger partial charge in [0, 0.05) is 9.50 Å². The van der Waals surface area contributed by atoms with E-state index < -0.39 is 5.91 Å². The molecule has 0 fully saturated rings. The third-order valence-corrected chi connectivity index (χ3v) is 3.50. The first-order valence-corrected chi connectivity index (χ1v) is 7.23. The molecule has 0 heterocycles. The molecule has 0 spiro atoms. The molecule has 2 N–H and O–H groups in total. The maximum Gasteiger partial charge on any atom is 0.275 e. The van der Waals surface area contributed by atoms with Gasteiger partial charge in [0.1, 0.15) is 5.75 Å². The number of nitrogens with zero attached hydrogens (tertiary/aromatic N) is 1. The number of hydrogen-bond donors (Lipinski definition) is 2. The van der Waals surface area contributed by atoms with Gasteiger partial charge in [-0.1, -0.05) is 39.7 Å². The van der Waals surface area contributed by atoms with Crippen LogP contribution < -0.4 is 5.43 Å². The summed E-state index contributed by atoms with van der Waals surface area (Å²) >= 11 is 9.18. The summed E-state index contributed by atoms with van der Waals surface area (Å²) in [5.41, 5.74) is 4.00. The number of phenols is 1. The maximum absolute atomic E-state index is 12.0. The molecule has 0 atom stereocenters. The van der Waals surface area contributed by atoms with Crippen LogP contribution in [0.15, 0.2) is 52.0 Å². The number of hydrogen-bond acceptors (Lipinski definition) is 3. The van der Waals surface area contributed by atoms with E-state index in [4.69, 9.17) is 11.6 Å². The fourth-order valence-corrected chi connectivity index (χ4v) is 2.23. The SMILES string of the molecule is C/C(=N\NC(=O)c1cc(Cl)ccc1O)c1cccc(Br)c1. The molecule has 2 rings (SSSR count). The Bertz CT molecular complexity index is 717. The minimum atomic E-state index is -0.524. The Morgan fingerprint density at radius 3 is 2.76 bits per heavy atom. The van der Waals surface area contributed by atoms with Gasteiger partial charge in [-0.15, -0.1) is 0 Å². The summed E-state index contributed by atoms with van der Waals surface area (Å²) in [5, 5.41) is 14.0. The third-order valence-electron chi connectivity index (χ3n) is 2.77. The second-order valence-electron chi connectivity index (χ2n) is 4.31. The zero-order valence-electron chi connectivity index (χ0n) is 11.1. The van der Waals surface area contributed by atoms with Gasteiger partial charge in [0.15, 0.2) is 0 Å². The third kappa shape index (κ3) is 4.06. The van der Waals surface area contributed by atoms with E-state index in [1.165, 1.54) is 18.2 Å². The number of nitrogens with one attached hydrogen (secondary N) is 1. The summed E-state index contributed by atoms with van der Waals surface area (Å²) in [7, 11) is 0. The first-order valence-electron chi connectivity index (χ1n) is 6.06. The Hall–Kier alpha value is -1.85. The lowest BCUT2D eigenvalue weighted by Crippen LogP contribution is -2.19. The van der Waals surface area contributed by atoms with Crippen LogP contribution >= 0.6 is 27.5 Å². The van der Waals surface area contributed by atoms with E-state index in [9.17, 15) is 9.90 Å². The topological polar surface area (TPSA) is 61.7 Å². The van der Waals surface area contributed by atoms with E-state index in [0.29, 0.717) is 10.7 Å². The van der Waals surface area contributed by atoms with Crippen molar-refractivity contribution >= 4 is 39.1 Å². The van der Waals surface area contributed by atoms with Crippen molar-refractivity contribution in [2.75, 3.05) is 0 Å². The van der Waals surface area contributed by atoms with Crippen molar-refractivity contribution < 1.29 is 9.90 Å². The molecule has 4 nitrogen and oxygen atoms in total. The minimum Gasteiger partial charge on any atom is -0.507 e. The van der Waals surface area contributed by atoms with Crippen molar-refractivity contribution in [3.63, 3.8) is 0 Å². The van der Waals surface area contributed by atoms with Crippen LogP contribution in [0, 0.1) is 0 Å². The van der Waals surface area contributed by atoms with Crippen LogP contribution in [0.1, 0.15) is 22.8 Å². The van der Waals surface area contributed by atoms with Gasteiger partial charge in [0.25, 0.3) is 5.91 Å². The Labute approximate surface area is 135 Å². The van der Waals surface area contributed by atoms with E-state index in [2.05, 4.69) is 26.5 Å². The first kappa shape index (κ1) is 15.5. The van der Waals surface area contributed by atoms with E-state index in [1.54, 1.807) is 6.92 Å². The molecule has 0 aromatic heterocycles. The lowest BCUT2D eigenvalue weighted by atomic mass is 10.1. The molecule has 2 aromatic rings. The van der Waals surface area contributed by atoms with E-state index in [0.717, 1.165) is 10.0 Å². The van der Waals surface area contributed by atoms with Crippen LogP contribution in [-0.4, -0.2) is 16.7 Å². The van der Waals surface area contributed by atoms with Crippen LogP contribution in [0.5, 0.6) is 5.75 Å². The van der Waals surface area contributed by atoms with Gasteiger partial charge >= 0.3 is 0 Å². The van der Waals surface area contributed by atoms with Crippen molar-refractivity contribution in [2.45, 2.75) is 6.92 Å². The molecule has 21 heavy (non-hydrogen) atoms. The van der Waals surface area contributed by atoms with Crippen LogP contribution in [-0.2, 0) is 0 Å². The predicted octanol–water partition coefficient (Wildman–Crippen LogP) is 3.96. The molecule has 0 saturated carbocycles. The number of halogens is 2. The number of phenolic OH excluding ortho intramolecular Hbond substituents is 1. The quantitative estimate of drug-likeness (QED) is 0.637. The smallest absolute Gasteiger partial charge is 0.275 e. The number of hydrazone groups is 1. The van der Waals surface area contributed by atoms with E-state index in [1.807, 2.05) is 24.3 Å². The van der Waals surface area contributed by atoms with Gasteiger partial charge in [-0.25, -0.2) is 5.43 Å². The van der Waals surface area contributed by atoms with Crippen molar-refractivity contribution in [3.8, 4) is 5.75 Å². The number of rotatable bonds is 3. The average molecular weight is 368 g/mol. The second-order valence-corrected chi connectivity index (χ2v) is 5.66. The summed E-state index contributed by atoms with van der Waals surface area (Å²) in [6.45, 7) is 1.78. The molecular weight excluding hydrogens is 356 g/mol. The molecule has 0 bridgehead atoms. The normalized spacial score (nSPS) is 11.3. The lowest BCUT2D eigenvalue weighted by Gasteiger charge is -2.05. The molecule has 0 unspecified atom stereocenters. The standard InChI is InChI=1S/C15H12BrClN2O2/c1-9(10-3-2-4-11(16)7-10)18-19-15(21)13-8-12(17)5-6-14(13)20/h2-8,20H,1H3,(H,19,21)/b18-9+. The molecule has 0 saturated heterocycles. The summed E-state index contributed by atoms with van der Waals surface area (Å²) in [6, 6.07) is 11.8. The van der Waals surface area contributed by atoms with Crippen molar-refractivity contribution in [2.24, 2.45) is 5.10 Å². The molecule has 0 aliphatic carbocycles. The van der Waals surface area contributed by atoms with Gasteiger partial charge < -0.3 is 5.11 Å². The Kier molecular flexibility index (Phi) is 4.98. The largest absolute Gasteiger partial charge is 0.507 e. The van der Waals surface area contributed by atoms with Crippen LogP contribution in [0.3, 0.4) is 0 Å². The van der Waals surface area contributed by atoms with E-state index >= 15 is 0 Å². The second kappa shape index (κ2) is 6.74. The van der Waals surface area contributed by atoms with Crippen molar-refractivity contribution in [1.82, 2.24) is 5.43 Å². The zero-order chi connectivity index (χ0) is 15.4. The zero-order valence-corrected chi connectivity index (χ0v) is 13.4. The highest BCUT2D eigenvalue weighted by Crippen LogP contribution is 2.21. The average Bonchev–Trinajstić information content (AvgIpc) is 2.47. The molecular formula is C15H12BrClN2O2. The van der Waals surface area contributed by atoms with E-state index in [-0.39, 0.29) is 11.3 Å². The highest BCUT2D eigenvalue weighted by atomic mass is 79.9. The molecule has 2 aromatic carbocycles. The highest BCUT2D eigenvalue weighted by Gasteiger charge is 2.11. The first-order chi connectivity index (χ1) is 9.97. The Morgan fingerprint density at radius 2 is 2.05 bits per heavy atom. The van der Waals surface area contributed by atoms with Gasteiger partial charge in [-0.2, -0.15) is 5.10 Å².